The van der Waals surface area contributed by atoms with Gasteiger partial charge in [0, 0.05) is 17.0 Å². The fraction of sp³-hybridized carbons (Fsp3) is 0.120. The standard InChI is InChI=1S/C25H22N4O/c1-15-8-10-18(11-9-15)23-14-22(19-12-16(2)17(3)13-24(19)30-23)28-29-25-26-20-6-4-5-7-21(20)27-25/h4-14H,1-3H3,(H2,26,27,29). The molecule has 0 saturated carbocycles. The van der Waals surface area contributed by atoms with E-state index in [0.29, 0.717) is 5.95 Å². The maximum Gasteiger partial charge on any atom is 0.222 e. The summed E-state index contributed by atoms with van der Waals surface area (Å²) in [5.41, 5.74) is 10.4. The van der Waals surface area contributed by atoms with Crippen LogP contribution in [0, 0.1) is 20.8 Å². The summed E-state index contributed by atoms with van der Waals surface area (Å²) in [5.74, 6) is 1.38. The number of rotatable bonds is 3. The molecule has 148 valence electrons. The fourth-order valence-electron chi connectivity index (χ4n) is 3.50. The first-order chi connectivity index (χ1) is 14.6. The van der Waals surface area contributed by atoms with Crippen LogP contribution in [0.3, 0.4) is 0 Å². The molecule has 5 heteroatoms. The monoisotopic (exact) mass is 394 g/mol. The van der Waals surface area contributed by atoms with E-state index < -0.39 is 0 Å². The molecule has 2 N–H and O–H groups in total. The smallest absolute Gasteiger partial charge is 0.222 e. The summed E-state index contributed by atoms with van der Waals surface area (Å²) in [6.45, 7) is 6.26. The van der Waals surface area contributed by atoms with Gasteiger partial charge in [0.2, 0.25) is 5.95 Å². The first kappa shape index (κ1) is 18.2. The highest BCUT2D eigenvalue weighted by molar-refractivity contribution is 5.80. The Kier molecular flexibility index (Phi) is 4.36. The van der Waals surface area contributed by atoms with Gasteiger partial charge in [-0.3, -0.25) is 0 Å². The molecule has 0 aliphatic heterocycles. The number of H-pyrrole nitrogens is 1. The first-order valence-electron chi connectivity index (χ1n) is 9.93. The van der Waals surface area contributed by atoms with Crippen molar-refractivity contribution in [1.82, 2.24) is 9.97 Å². The molecule has 0 unspecified atom stereocenters. The van der Waals surface area contributed by atoms with Gasteiger partial charge in [-0.15, -0.1) is 0 Å². The molecule has 0 saturated heterocycles. The van der Waals surface area contributed by atoms with Crippen LogP contribution in [0.1, 0.15) is 16.7 Å². The fourth-order valence-corrected chi connectivity index (χ4v) is 3.50. The summed E-state index contributed by atoms with van der Waals surface area (Å²) in [6.07, 6.45) is 0. The van der Waals surface area contributed by atoms with Gasteiger partial charge in [0.25, 0.3) is 0 Å². The lowest BCUT2D eigenvalue weighted by molar-refractivity contribution is 0.617. The van der Waals surface area contributed by atoms with Gasteiger partial charge in [0.05, 0.1) is 16.4 Å². The van der Waals surface area contributed by atoms with Gasteiger partial charge in [-0.2, -0.15) is 5.10 Å². The normalized spacial score (nSPS) is 12.0. The average molecular weight is 394 g/mol. The van der Waals surface area contributed by atoms with Gasteiger partial charge in [0.15, 0.2) is 0 Å². The van der Waals surface area contributed by atoms with Crippen molar-refractivity contribution in [2.45, 2.75) is 20.8 Å². The van der Waals surface area contributed by atoms with Crippen molar-refractivity contribution in [2.75, 3.05) is 5.43 Å². The molecule has 0 radical (unpaired) electrons. The van der Waals surface area contributed by atoms with Crippen LogP contribution in [0.25, 0.3) is 33.3 Å². The van der Waals surface area contributed by atoms with Crippen LogP contribution >= 0.6 is 0 Å². The van der Waals surface area contributed by atoms with Crippen LogP contribution < -0.4 is 10.8 Å². The van der Waals surface area contributed by atoms with E-state index in [1.807, 2.05) is 30.3 Å². The van der Waals surface area contributed by atoms with Crippen LogP contribution in [-0.4, -0.2) is 9.97 Å². The molecule has 0 aliphatic carbocycles. The lowest BCUT2D eigenvalue weighted by Crippen LogP contribution is -2.08. The highest BCUT2D eigenvalue weighted by Crippen LogP contribution is 2.24. The molecule has 0 bridgehead atoms. The Bertz CT molecular complexity index is 1410. The summed E-state index contributed by atoms with van der Waals surface area (Å²) in [4.78, 5) is 7.79. The number of benzene rings is 3. The largest absolute Gasteiger partial charge is 0.456 e. The molecule has 0 fully saturated rings. The number of aromatic nitrogens is 2. The first-order valence-corrected chi connectivity index (χ1v) is 9.93. The number of nitrogens with one attached hydrogen (secondary N) is 2. The maximum atomic E-state index is 6.25. The molecule has 2 aromatic heterocycles. The topological polar surface area (TPSA) is 66.2 Å². The van der Waals surface area contributed by atoms with Gasteiger partial charge in [-0.1, -0.05) is 42.0 Å². The summed E-state index contributed by atoms with van der Waals surface area (Å²) in [7, 11) is 0. The predicted octanol–water partition coefficient (Wildman–Crippen LogP) is 5.83. The zero-order chi connectivity index (χ0) is 20.7. The number of nitrogens with zero attached hydrogens (tertiary/aromatic N) is 2. The molecule has 3 aromatic carbocycles. The minimum atomic E-state index is 0.603. The van der Waals surface area contributed by atoms with Crippen molar-refractivity contribution >= 4 is 28.0 Å². The second-order valence-corrected chi connectivity index (χ2v) is 7.62. The average Bonchev–Trinajstić information content (AvgIpc) is 3.16. The lowest BCUT2D eigenvalue weighted by atomic mass is 10.1. The van der Waals surface area contributed by atoms with E-state index in [9.17, 15) is 0 Å². The molecule has 30 heavy (non-hydrogen) atoms. The number of aromatic amines is 1. The third-order valence-electron chi connectivity index (χ3n) is 5.37. The van der Waals surface area contributed by atoms with E-state index in [1.54, 1.807) is 0 Å². The molecule has 0 aliphatic rings. The number of hydrogen-bond donors (Lipinski definition) is 2. The zero-order valence-corrected chi connectivity index (χ0v) is 17.2. The Morgan fingerprint density at radius 2 is 1.67 bits per heavy atom. The molecule has 0 spiro atoms. The van der Waals surface area contributed by atoms with Crippen molar-refractivity contribution in [3.63, 3.8) is 0 Å². The molecule has 0 atom stereocenters. The van der Waals surface area contributed by atoms with Crippen LogP contribution in [0.5, 0.6) is 0 Å². The third kappa shape index (κ3) is 3.35. The van der Waals surface area contributed by atoms with E-state index in [0.717, 1.165) is 38.7 Å². The predicted molar refractivity (Wildman–Crippen MR) is 121 cm³/mol. The highest BCUT2D eigenvalue weighted by atomic mass is 16.3. The van der Waals surface area contributed by atoms with Crippen molar-refractivity contribution in [3.8, 4) is 11.3 Å². The maximum absolute atomic E-state index is 6.25. The van der Waals surface area contributed by atoms with Gasteiger partial charge in [-0.25, -0.2) is 10.4 Å². The second kappa shape index (κ2) is 7.19. The van der Waals surface area contributed by atoms with Crippen LogP contribution in [0.2, 0.25) is 0 Å². The molecule has 0 amide bonds. The number of anilines is 1. The van der Waals surface area contributed by atoms with Gasteiger partial charge in [0.1, 0.15) is 11.3 Å². The van der Waals surface area contributed by atoms with Crippen LogP contribution in [0.15, 0.2) is 76.2 Å². The molecule has 5 aromatic rings. The Morgan fingerprint density at radius 1 is 0.900 bits per heavy atom. The summed E-state index contributed by atoms with van der Waals surface area (Å²) in [5, 5.41) is 6.43. The Balaban J connectivity index is 1.66. The Morgan fingerprint density at radius 3 is 2.47 bits per heavy atom. The number of fused-ring (bicyclic) bond motifs is 2. The van der Waals surface area contributed by atoms with Gasteiger partial charge < -0.3 is 9.40 Å². The SMILES string of the molecule is Cc1ccc(-c2cc(=NNc3nc4ccccc4[nH]3)c3cc(C)c(C)cc3o2)cc1. The molecule has 2 heterocycles. The summed E-state index contributed by atoms with van der Waals surface area (Å²) in [6, 6.07) is 22.4. The number of para-hydroxylation sites is 2. The van der Waals surface area contributed by atoms with Crippen LogP contribution in [-0.2, 0) is 0 Å². The molecular weight excluding hydrogens is 372 g/mol. The molecule has 5 rings (SSSR count). The van der Waals surface area contributed by atoms with Crippen molar-refractivity contribution in [1.29, 1.82) is 0 Å². The number of hydrogen-bond acceptors (Lipinski definition) is 4. The van der Waals surface area contributed by atoms with Gasteiger partial charge >= 0.3 is 0 Å². The van der Waals surface area contributed by atoms with E-state index in [2.05, 4.69) is 77.7 Å². The quantitative estimate of drug-likeness (QED) is 0.378. The lowest BCUT2D eigenvalue weighted by Gasteiger charge is -2.08. The van der Waals surface area contributed by atoms with Gasteiger partial charge in [-0.05, 0) is 56.2 Å². The second-order valence-electron chi connectivity index (χ2n) is 7.62. The van der Waals surface area contributed by atoms with E-state index in [-0.39, 0.29) is 0 Å². The van der Waals surface area contributed by atoms with Crippen molar-refractivity contribution < 1.29 is 4.42 Å². The van der Waals surface area contributed by atoms with Crippen molar-refractivity contribution in [2.24, 2.45) is 5.10 Å². The highest BCUT2D eigenvalue weighted by Gasteiger charge is 2.09. The Hall–Kier alpha value is -3.86. The molecule has 5 nitrogen and oxygen atoms in total. The van der Waals surface area contributed by atoms with E-state index in [1.165, 1.54) is 16.7 Å². The minimum Gasteiger partial charge on any atom is -0.456 e. The summed E-state index contributed by atoms with van der Waals surface area (Å²) < 4.78 is 6.25. The molecular formula is C25H22N4O. The number of aryl methyl sites for hydroxylation is 3. The van der Waals surface area contributed by atoms with E-state index in [4.69, 9.17) is 4.42 Å². The van der Waals surface area contributed by atoms with Crippen molar-refractivity contribution in [3.05, 3.63) is 88.8 Å². The van der Waals surface area contributed by atoms with E-state index >= 15 is 0 Å². The minimum absolute atomic E-state index is 0.603. The Labute approximate surface area is 174 Å². The summed E-state index contributed by atoms with van der Waals surface area (Å²) >= 11 is 0. The third-order valence-corrected chi connectivity index (χ3v) is 5.37. The zero-order valence-electron chi connectivity index (χ0n) is 17.2. The van der Waals surface area contributed by atoms with Crippen LogP contribution in [0.4, 0.5) is 5.95 Å². The number of imidazole rings is 1.